The van der Waals surface area contributed by atoms with E-state index in [0.29, 0.717) is 19.0 Å². The standard InChI is InChI=1S/C17H22N4O3S.HI/c1-19-17(20-11-13-5-3-7-15(9-13)24-2)21-12-14-6-4-8-16(10-14)25(18,22)23;/h3-10H,11-12H2,1-2H3,(H2,18,22,23)(H2,19,20,21);1H. The minimum atomic E-state index is -3.71. The number of rotatable bonds is 6. The second kappa shape index (κ2) is 10.3. The van der Waals surface area contributed by atoms with Gasteiger partial charge in [0.2, 0.25) is 10.0 Å². The van der Waals surface area contributed by atoms with Crippen LogP contribution in [0.15, 0.2) is 58.4 Å². The van der Waals surface area contributed by atoms with Crippen molar-refractivity contribution < 1.29 is 13.2 Å². The number of nitrogens with two attached hydrogens (primary N) is 1. The Morgan fingerprint density at radius 3 is 2.19 bits per heavy atom. The zero-order chi connectivity index (χ0) is 18.3. The summed E-state index contributed by atoms with van der Waals surface area (Å²) >= 11 is 0. The van der Waals surface area contributed by atoms with Crippen LogP contribution in [0.5, 0.6) is 5.75 Å². The first kappa shape index (κ1) is 22.2. The third kappa shape index (κ3) is 6.81. The monoisotopic (exact) mass is 490 g/mol. The number of benzene rings is 2. The lowest BCUT2D eigenvalue weighted by molar-refractivity contribution is 0.414. The van der Waals surface area contributed by atoms with Crippen LogP contribution in [0.2, 0.25) is 0 Å². The van der Waals surface area contributed by atoms with E-state index in [1.54, 1.807) is 20.2 Å². The van der Waals surface area contributed by atoms with Crippen LogP contribution in [0, 0.1) is 0 Å². The molecule has 0 atom stereocenters. The van der Waals surface area contributed by atoms with Crippen LogP contribution >= 0.6 is 24.0 Å². The number of methoxy groups -OCH3 is 1. The maximum atomic E-state index is 11.4. The number of halogens is 1. The van der Waals surface area contributed by atoms with Crippen molar-refractivity contribution in [2.24, 2.45) is 10.1 Å². The van der Waals surface area contributed by atoms with E-state index in [0.717, 1.165) is 16.9 Å². The lowest BCUT2D eigenvalue weighted by Gasteiger charge is -2.13. The molecule has 0 aromatic heterocycles. The molecule has 0 saturated heterocycles. The summed E-state index contributed by atoms with van der Waals surface area (Å²) in [7, 11) is -0.412. The molecule has 0 heterocycles. The Morgan fingerprint density at radius 1 is 1.08 bits per heavy atom. The van der Waals surface area contributed by atoms with Gasteiger partial charge in [-0.2, -0.15) is 0 Å². The number of sulfonamides is 1. The topological polar surface area (TPSA) is 106 Å². The second-order valence-corrected chi connectivity index (χ2v) is 6.88. The van der Waals surface area contributed by atoms with Crippen LogP contribution < -0.4 is 20.5 Å². The van der Waals surface area contributed by atoms with Gasteiger partial charge in [-0.25, -0.2) is 13.6 Å². The zero-order valence-electron chi connectivity index (χ0n) is 14.6. The molecule has 0 aliphatic rings. The summed E-state index contributed by atoms with van der Waals surface area (Å²) in [6, 6.07) is 14.2. The van der Waals surface area contributed by atoms with Crippen molar-refractivity contribution in [3.63, 3.8) is 0 Å². The Labute approximate surface area is 171 Å². The van der Waals surface area contributed by atoms with Crippen LogP contribution in [-0.2, 0) is 23.1 Å². The highest BCUT2D eigenvalue weighted by atomic mass is 127. The molecule has 7 nitrogen and oxygen atoms in total. The zero-order valence-corrected chi connectivity index (χ0v) is 17.7. The summed E-state index contributed by atoms with van der Waals surface area (Å²) in [5, 5.41) is 11.5. The SMILES string of the molecule is CN=C(NCc1cccc(OC)c1)NCc1cccc(S(N)(=O)=O)c1.I. The van der Waals surface area contributed by atoms with E-state index in [9.17, 15) is 8.42 Å². The lowest BCUT2D eigenvalue weighted by Crippen LogP contribution is -2.36. The normalized spacial score (nSPS) is 11.4. The minimum Gasteiger partial charge on any atom is -0.497 e. The van der Waals surface area contributed by atoms with Crippen LogP contribution in [-0.4, -0.2) is 28.5 Å². The molecule has 9 heteroatoms. The summed E-state index contributed by atoms with van der Waals surface area (Å²) in [6.45, 7) is 0.995. The molecule has 2 aromatic carbocycles. The number of ether oxygens (including phenoxy) is 1. The predicted molar refractivity (Wildman–Crippen MR) is 113 cm³/mol. The Bertz CT molecular complexity index is 857. The molecule has 0 aliphatic carbocycles. The fourth-order valence-corrected chi connectivity index (χ4v) is 2.79. The summed E-state index contributed by atoms with van der Waals surface area (Å²) in [5.74, 6) is 1.39. The van der Waals surface area contributed by atoms with Crippen molar-refractivity contribution in [2.45, 2.75) is 18.0 Å². The number of primary sulfonamides is 1. The van der Waals surface area contributed by atoms with Gasteiger partial charge in [-0.1, -0.05) is 24.3 Å². The van der Waals surface area contributed by atoms with Gasteiger partial charge in [0.25, 0.3) is 0 Å². The number of hydrogen-bond acceptors (Lipinski definition) is 4. The van der Waals surface area contributed by atoms with Crippen LogP contribution in [0.3, 0.4) is 0 Å². The quantitative estimate of drug-likeness (QED) is 0.326. The predicted octanol–water partition coefficient (Wildman–Crippen LogP) is 1.83. The molecule has 4 N–H and O–H groups in total. The van der Waals surface area contributed by atoms with E-state index >= 15 is 0 Å². The Hall–Kier alpha value is -1.85. The van der Waals surface area contributed by atoms with E-state index < -0.39 is 10.0 Å². The highest BCUT2D eigenvalue weighted by Gasteiger charge is 2.08. The van der Waals surface area contributed by atoms with E-state index in [1.165, 1.54) is 12.1 Å². The van der Waals surface area contributed by atoms with Crippen molar-refractivity contribution in [1.29, 1.82) is 0 Å². The summed E-state index contributed by atoms with van der Waals surface area (Å²) in [6.07, 6.45) is 0. The molecule has 0 radical (unpaired) electrons. The third-order valence-electron chi connectivity index (χ3n) is 3.50. The molecule has 0 bridgehead atoms. The van der Waals surface area contributed by atoms with Crippen LogP contribution in [0.4, 0.5) is 0 Å². The van der Waals surface area contributed by atoms with E-state index in [4.69, 9.17) is 9.88 Å². The average molecular weight is 490 g/mol. The smallest absolute Gasteiger partial charge is 0.238 e. The number of guanidine groups is 1. The van der Waals surface area contributed by atoms with E-state index in [-0.39, 0.29) is 28.9 Å². The molecule has 0 spiro atoms. The molecule has 0 fully saturated rings. The number of nitrogens with one attached hydrogen (secondary N) is 2. The van der Waals surface area contributed by atoms with Gasteiger partial charge >= 0.3 is 0 Å². The van der Waals surface area contributed by atoms with Crippen molar-refractivity contribution in [1.82, 2.24) is 10.6 Å². The molecule has 142 valence electrons. The Morgan fingerprint density at radius 2 is 1.65 bits per heavy atom. The van der Waals surface area contributed by atoms with E-state index in [2.05, 4.69) is 15.6 Å². The van der Waals surface area contributed by atoms with Crippen molar-refractivity contribution >= 4 is 40.0 Å². The Balaban J connectivity index is 0.00000338. The largest absolute Gasteiger partial charge is 0.497 e. The fourth-order valence-electron chi connectivity index (χ4n) is 2.21. The van der Waals surface area contributed by atoms with Gasteiger partial charge in [0.1, 0.15) is 5.75 Å². The maximum Gasteiger partial charge on any atom is 0.238 e. The average Bonchev–Trinajstić information content (AvgIpc) is 2.61. The fraction of sp³-hybridized carbons (Fsp3) is 0.235. The van der Waals surface area contributed by atoms with Crippen LogP contribution in [0.25, 0.3) is 0 Å². The molecule has 26 heavy (non-hydrogen) atoms. The molecule has 0 saturated carbocycles. The highest BCUT2D eigenvalue weighted by molar-refractivity contribution is 14.0. The molecule has 0 aliphatic heterocycles. The van der Waals surface area contributed by atoms with Gasteiger partial charge in [0, 0.05) is 20.1 Å². The molecule has 2 aromatic rings. The van der Waals surface area contributed by atoms with Crippen LogP contribution in [0.1, 0.15) is 11.1 Å². The molecule has 0 amide bonds. The number of aliphatic imine (C=N–C) groups is 1. The molecular weight excluding hydrogens is 467 g/mol. The van der Waals surface area contributed by atoms with Gasteiger partial charge in [-0.3, -0.25) is 4.99 Å². The van der Waals surface area contributed by atoms with Crippen molar-refractivity contribution in [3.8, 4) is 5.75 Å². The van der Waals surface area contributed by atoms with Gasteiger partial charge in [0.05, 0.1) is 12.0 Å². The molecular formula is C17H23IN4O3S. The highest BCUT2D eigenvalue weighted by Crippen LogP contribution is 2.12. The van der Waals surface area contributed by atoms with E-state index in [1.807, 2.05) is 30.3 Å². The number of nitrogens with zero attached hydrogens (tertiary/aromatic N) is 1. The van der Waals surface area contributed by atoms with Gasteiger partial charge in [0.15, 0.2) is 5.96 Å². The summed E-state index contributed by atoms with van der Waals surface area (Å²) < 4.78 is 28.0. The van der Waals surface area contributed by atoms with Crippen molar-refractivity contribution in [3.05, 3.63) is 59.7 Å². The van der Waals surface area contributed by atoms with Crippen molar-refractivity contribution in [2.75, 3.05) is 14.2 Å². The van der Waals surface area contributed by atoms with Gasteiger partial charge < -0.3 is 15.4 Å². The summed E-state index contributed by atoms with van der Waals surface area (Å²) in [5.41, 5.74) is 1.84. The first-order chi connectivity index (χ1) is 11.9. The first-order valence-corrected chi connectivity index (χ1v) is 9.16. The third-order valence-corrected chi connectivity index (χ3v) is 4.42. The van der Waals surface area contributed by atoms with Gasteiger partial charge in [-0.15, -0.1) is 24.0 Å². The summed E-state index contributed by atoms with van der Waals surface area (Å²) in [4.78, 5) is 4.24. The second-order valence-electron chi connectivity index (χ2n) is 5.32. The maximum absolute atomic E-state index is 11.4. The van der Waals surface area contributed by atoms with Gasteiger partial charge in [-0.05, 0) is 35.4 Å². The molecule has 2 rings (SSSR count). The lowest BCUT2D eigenvalue weighted by atomic mass is 10.2. The molecule has 0 unspecified atom stereocenters. The first-order valence-electron chi connectivity index (χ1n) is 7.61. The number of hydrogen-bond donors (Lipinski definition) is 3. The Kier molecular flexibility index (Phi) is 8.82. The minimum absolute atomic E-state index is 0.